The van der Waals surface area contributed by atoms with Crippen LogP contribution in [0.2, 0.25) is 5.02 Å². The highest BCUT2D eigenvalue weighted by atomic mass is 35.5. The minimum atomic E-state index is -4.35. The molecule has 0 aromatic heterocycles. The smallest absolute Gasteiger partial charge is 0.264 e. The maximum atomic E-state index is 14.6. The lowest BCUT2D eigenvalue weighted by molar-refractivity contribution is -0.140. The molecular weight excluding hydrogens is 638 g/mol. The molecule has 0 spiro atoms. The number of anilines is 1. The first-order chi connectivity index (χ1) is 22.6. The molecule has 0 aliphatic heterocycles. The number of benzene rings is 4. The molecule has 4 aromatic rings. The SMILES string of the molecule is CCCNC(=O)[C@@H](Cc1ccccc1)N(Cc1cccc(C)c1)C(=O)CN(c1ccc(Cl)cc1)S(=O)(=O)c1ccc(OC)c(OC)c1. The Morgan fingerprint density at radius 2 is 1.53 bits per heavy atom. The van der Waals surface area contributed by atoms with Gasteiger partial charge in [0.2, 0.25) is 11.8 Å². The molecule has 0 saturated heterocycles. The van der Waals surface area contributed by atoms with E-state index in [2.05, 4.69) is 5.32 Å². The first-order valence-electron chi connectivity index (χ1n) is 15.2. The third kappa shape index (κ3) is 9.05. The standard InChI is InChI=1S/C36H40ClN3O6S/c1-5-20-38-36(42)32(22-27-11-7-6-8-12-27)39(24-28-13-9-10-26(2)21-28)35(41)25-40(30-16-14-29(37)15-17-30)47(43,44)31-18-19-33(45-3)34(23-31)46-4/h6-19,21,23,32H,5,20,22,24-25H2,1-4H3,(H,38,42)/t32-/m1/s1. The van der Waals surface area contributed by atoms with Gasteiger partial charge in [0.15, 0.2) is 11.5 Å². The lowest BCUT2D eigenvalue weighted by atomic mass is 10.0. The monoisotopic (exact) mass is 677 g/mol. The molecule has 0 unspecified atom stereocenters. The summed E-state index contributed by atoms with van der Waals surface area (Å²) in [7, 11) is -1.48. The van der Waals surface area contributed by atoms with Crippen molar-refractivity contribution in [2.45, 2.75) is 44.2 Å². The van der Waals surface area contributed by atoms with Crippen molar-refractivity contribution >= 4 is 39.1 Å². The molecule has 4 aromatic carbocycles. The molecular formula is C36H40ClN3O6S. The van der Waals surface area contributed by atoms with E-state index in [9.17, 15) is 18.0 Å². The van der Waals surface area contributed by atoms with Gasteiger partial charge in [0.1, 0.15) is 12.6 Å². The van der Waals surface area contributed by atoms with Gasteiger partial charge in [-0.25, -0.2) is 8.42 Å². The van der Waals surface area contributed by atoms with Crippen LogP contribution in [0.3, 0.4) is 0 Å². The average molecular weight is 678 g/mol. The summed E-state index contributed by atoms with van der Waals surface area (Å²) in [5, 5.41) is 3.35. The van der Waals surface area contributed by atoms with E-state index in [0.717, 1.165) is 21.0 Å². The van der Waals surface area contributed by atoms with Crippen LogP contribution >= 0.6 is 11.6 Å². The molecule has 1 N–H and O–H groups in total. The number of carbonyl (C=O) groups is 2. The number of sulfonamides is 1. The zero-order valence-corrected chi connectivity index (χ0v) is 28.6. The lowest BCUT2D eigenvalue weighted by Gasteiger charge is -2.34. The zero-order valence-electron chi connectivity index (χ0n) is 27.0. The van der Waals surface area contributed by atoms with Crippen molar-refractivity contribution in [1.82, 2.24) is 10.2 Å². The highest BCUT2D eigenvalue weighted by molar-refractivity contribution is 7.92. The minimum Gasteiger partial charge on any atom is -0.493 e. The average Bonchev–Trinajstić information content (AvgIpc) is 3.08. The highest BCUT2D eigenvalue weighted by Gasteiger charge is 2.35. The van der Waals surface area contributed by atoms with Crippen LogP contribution in [-0.4, -0.2) is 58.5 Å². The van der Waals surface area contributed by atoms with E-state index in [-0.39, 0.29) is 35.2 Å². The molecule has 0 aliphatic carbocycles. The van der Waals surface area contributed by atoms with Gasteiger partial charge in [0, 0.05) is 30.6 Å². The van der Waals surface area contributed by atoms with Crippen molar-refractivity contribution in [1.29, 1.82) is 0 Å². The van der Waals surface area contributed by atoms with Crippen LogP contribution in [0.25, 0.3) is 0 Å². The fraction of sp³-hybridized carbons (Fsp3) is 0.278. The van der Waals surface area contributed by atoms with Crippen LogP contribution in [-0.2, 0) is 32.6 Å². The second-order valence-corrected chi connectivity index (χ2v) is 13.3. The Kier molecular flexibility index (Phi) is 12.3. The second-order valence-electron chi connectivity index (χ2n) is 11.0. The van der Waals surface area contributed by atoms with Crippen molar-refractivity contribution < 1.29 is 27.5 Å². The van der Waals surface area contributed by atoms with Crippen LogP contribution in [0.5, 0.6) is 11.5 Å². The fourth-order valence-electron chi connectivity index (χ4n) is 5.17. The van der Waals surface area contributed by atoms with Gasteiger partial charge >= 0.3 is 0 Å². The van der Waals surface area contributed by atoms with Crippen LogP contribution in [0.15, 0.2) is 102 Å². The number of aryl methyl sites for hydroxylation is 1. The van der Waals surface area contributed by atoms with E-state index in [1.54, 1.807) is 12.1 Å². The summed E-state index contributed by atoms with van der Waals surface area (Å²) in [5.74, 6) is -0.310. The molecule has 1 atom stereocenters. The van der Waals surface area contributed by atoms with E-state index in [4.69, 9.17) is 21.1 Å². The quantitative estimate of drug-likeness (QED) is 0.165. The van der Waals surface area contributed by atoms with Crippen molar-refractivity contribution in [3.05, 3.63) is 119 Å². The molecule has 0 saturated carbocycles. The topological polar surface area (TPSA) is 105 Å². The number of amides is 2. The maximum absolute atomic E-state index is 14.6. The summed E-state index contributed by atoms with van der Waals surface area (Å²) in [4.78, 5) is 29.7. The number of halogens is 1. The largest absolute Gasteiger partial charge is 0.493 e. The second kappa shape index (κ2) is 16.3. The Morgan fingerprint density at radius 3 is 2.17 bits per heavy atom. The summed E-state index contributed by atoms with van der Waals surface area (Å²) in [6.45, 7) is 3.83. The van der Waals surface area contributed by atoms with E-state index in [1.807, 2.05) is 68.4 Å². The number of hydrogen-bond donors (Lipinski definition) is 1. The van der Waals surface area contributed by atoms with Crippen molar-refractivity contribution in [3.63, 3.8) is 0 Å². The molecule has 9 nitrogen and oxygen atoms in total. The molecule has 4 rings (SSSR count). The van der Waals surface area contributed by atoms with Crippen molar-refractivity contribution in [2.24, 2.45) is 0 Å². The van der Waals surface area contributed by atoms with Gasteiger partial charge in [-0.15, -0.1) is 0 Å². The predicted molar refractivity (Wildman–Crippen MR) is 184 cm³/mol. The van der Waals surface area contributed by atoms with Gasteiger partial charge in [-0.2, -0.15) is 0 Å². The Morgan fingerprint density at radius 1 is 0.851 bits per heavy atom. The first-order valence-corrected chi connectivity index (χ1v) is 17.1. The Labute approximate surface area is 282 Å². The van der Waals surface area contributed by atoms with Crippen LogP contribution in [0.4, 0.5) is 5.69 Å². The van der Waals surface area contributed by atoms with Crippen molar-refractivity contribution in [3.8, 4) is 11.5 Å². The molecule has 2 amide bonds. The predicted octanol–water partition coefficient (Wildman–Crippen LogP) is 6.03. The number of hydrogen-bond acceptors (Lipinski definition) is 6. The molecule has 11 heteroatoms. The minimum absolute atomic E-state index is 0.0857. The summed E-state index contributed by atoms with van der Waals surface area (Å²) in [6.07, 6.45) is 0.945. The van der Waals surface area contributed by atoms with Gasteiger partial charge in [-0.1, -0.05) is 78.7 Å². The summed E-state index contributed by atoms with van der Waals surface area (Å²) < 4.78 is 40.4. The summed E-state index contributed by atoms with van der Waals surface area (Å²) in [5.41, 5.74) is 2.88. The van der Waals surface area contributed by atoms with E-state index in [0.29, 0.717) is 23.7 Å². The number of nitrogens with one attached hydrogen (secondary N) is 1. The van der Waals surface area contributed by atoms with Crippen LogP contribution < -0.4 is 19.1 Å². The van der Waals surface area contributed by atoms with Crippen molar-refractivity contribution in [2.75, 3.05) is 31.6 Å². The molecule has 47 heavy (non-hydrogen) atoms. The molecule has 0 radical (unpaired) electrons. The zero-order chi connectivity index (χ0) is 34.0. The Balaban J connectivity index is 1.82. The molecule has 0 aliphatic rings. The number of methoxy groups -OCH3 is 2. The summed E-state index contributed by atoms with van der Waals surface area (Å²) >= 11 is 6.16. The maximum Gasteiger partial charge on any atom is 0.264 e. The molecule has 248 valence electrons. The molecule has 0 heterocycles. The van der Waals surface area contributed by atoms with Gasteiger partial charge < -0.3 is 19.7 Å². The van der Waals surface area contributed by atoms with Gasteiger partial charge in [-0.3, -0.25) is 13.9 Å². The van der Waals surface area contributed by atoms with Gasteiger partial charge in [-0.05, 0) is 60.9 Å². The Bertz CT molecular complexity index is 1770. The lowest BCUT2D eigenvalue weighted by Crippen LogP contribution is -2.53. The fourth-order valence-corrected chi connectivity index (χ4v) is 6.72. The number of carbonyl (C=O) groups excluding carboxylic acids is 2. The van der Waals surface area contributed by atoms with Crippen LogP contribution in [0.1, 0.15) is 30.0 Å². The number of nitrogens with zero attached hydrogens (tertiary/aromatic N) is 2. The van der Waals surface area contributed by atoms with Gasteiger partial charge in [0.05, 0.1) is 24.8 Å². The molecule has 0 bridgehead atoms. The van der Waals surface area contributed by atoms with E-state index in [1.165, 1.54) is 49.5 Å². The number of rotatable bonds is 15. The third-order valence-corrected chi connectivity index (χ3v) is 9.61. The highest BCUT2D eigenvalue weighted by Crippen LogP contribution is 2.33. The van der Waals surface area contributed by atoms with E-state index >= 15 is 0 Å². The normalized spacial score (nSPS) is 11.8. The first kappa shape index (κ1) is 35.3. The Hall–Kier alpha value is -4.54. The number of ether oxygens (including phenoxy) is 2. The van der Waals surface area contributed by atoms with Gasteiger partial charge in [0.25, 0.3) is 10.0 Å². The summed E-state index contributed by atoms with van der Waals surface area (Å²) in [6, 6.07) is 26.6. The molecule has 0 fully saturated rings. The van der Waals surface area contributed by atoms with Crippen LogP contribution in [0, 0.1) is 6.92 Å². The third-order valence-electron chi connectivity index (χ3n) is 7.59. The van der Waals surface area contributed by atoms with E-state index < -0.39 is 28.5 Å².